The monoisotopic (exact) mass is 348 g/mol. The molecular weight excluding hydrogens is 324 g/mol. The standard InChI is InChI=1S/C17H24N4O2S/c1-12(16-11-24-13(2)21-16)20-17(22)19-10-14-6-4-5-7-15(14)18-8-9-23-3/h4-7,11-12,18H,8-10H2,1-3H3,(H2,19,20,22)/t12-/m1/s1. The summed E-state index contributed by atoms with van der Waals surface area (Å²) in [5, 5.41) is 12.1. The van der Waals surface area contributed by atoms with E-state index in [1.807, 2.05) is 43.5 Å². The molecule has 0 aliphatic heterocycles. The second-order valence-corrected chi connectivity index (χ2v) is 6.48. The van der Waals surface area contributed by atoms with Gasteiger partial charge in [-0.05, 0) is 25.5 Å². The van der Waals surface area contributed by atoms with Gasteiger partial charge in [-0.3, -0.25) is 0 Å². The van der Waals surface area contributed by atoms with Crippen LogP contribution in [0.25, 0.3) is 0 Å². The summed E-state index contributed by atoms with van der Waals surface area (Å²) in [5.41, 5.74) is 2.91. The number of para-hydroxylation sites is 1. The maximum atomic E-state index is 12.1. The topological polar surface area (TPSA) is 75.3 Å². The summed E-state index contributed by atoms with van der Waals surface area (Å²) in [4.78, 5) is 16.5. The van der Waals surface area contributed by atoms with Crippen LogP contribution in [0, 0.1) is 6.92 Å². The van der Waals surface area contributed by atoms with Gasteiger partial charge < -0.3 is 20.7 Å². The summed E-state index contributed by atoms with van der Waals surface area (Å²) < 4.78 is 5.04. The smallest absolute Gasteiger partial charge is 0.315 e. The Bertz CT molecular complexity index is 660. The van der Waals surface area contributed by atoms with Gasteiger partial charge in [0.15, 0.2) is 0 Å². The number of nitrogens with one attached hydrogen (secondary N) is 3. The predicted molar refractivity (Wildman–Crippen MR) is 97.4 cm³/mol. The van der Waals surface area contributed by atoms with E-state index in [1.165, 1.54) is 0 Å². The number of rotatable bonds is 8. The molecule has 0 bridgehead atoms. The Morgan fingerprint density at radius 2 is 2.17 bits per heavy atom. The van der Waals surface area contributed by atoms with E-state index in [4.69, 9.17) is 4.74 Å². The first-order valence-electron chi connectivity index (χ1n) is 7.87. The molecule has 130 valence electrons. The molecule has 1 atom stereocenters. The Labute approximate surface area is 146 Å². The number of hydrogen-bond donors (Lipinski definition) is 3. The van der Waals surface area contributed by atoms with Crippen molar-refractivity contribution in [2.24, 2.45) is 0 Å². The normalized spacial score (nSPS) is 11.8. The Morgan fingerprint density at radius 1 is 1.38 bits per heavy atom. The van der Waals surface area contributed by atoms with E-state index in [-0.39, 0.29) is 12.1 Å². The van der Waals surface area contributed by atoms with Crippen molar-refractivity contribution in [2.45, 2.75) is 26.4 Å². The van der Waals surface area contributed by atoms with Crippen LogP contribution in [0.4, 0.5) is 10.5 Å². The number of carbonyl (C=O) groups excluding carboxylic acids is 1. The number of anilines is 1. The summed E-state index contributed by atoms with van der Waals surface area (Å²) in [7, 11) is 1.67. The van der Waals surface area contributed by atoms with Gasteiger partial charge in [0.2, 0.25) is 0 Å². The average molecular weight is 348 g/mol. The number of methoxy groups -OCH3 is 1. The molecule has 24 heavy (non-hydrogen) atoms. The number of hydrogen-bond acceptors (Lipinski definition) is 5. The fraction of sp³-hybridized carbons (Fsp3) is 0.412. The first-order valence-corrected chi connectivity index (χ1v) is 8.75. The van der Waals surface area contributed by atoms with Crippen LogP contribution in [0.1, 0.15) is 29.2 Å². The van der Waals surface area contributed by atoms with Crippen molar-refractivity contribution >= 4 is 23.1 Å². The van der Waals surface area contributed by atoms with E-state index >= 15 is 0 Å². The van der Waals surface area contributed by atoms with E-state index in [9.17, 15) is 4.79 Å². The highest BCUT2D eigenvalue weighted by atomic mass is 32.1. The molecule has 0 saturated heterocycles. The Morgan fingerprint density at radius 3 is 2.88 bits per heavy atom. The Hall–Kier alpha value is -2.12. The van der Waals surface area contributed by atoms with Crippen LogP contribution in [0.5, 0.6) is 0 Å². The second kappa shape index (κ2) is 9.24. The molecule has 0 unspecified atom stereocenters. The van der Waals surface area contributed by atoms with E-state index < -0.39 is 0 Å². The number of aryl methyl sites for hydroxylation is 1. The molecule has 2 amide bonds. The van der Waals surface area contributed by atoms with Crippen LogP contribution in [0.3, 0.4) is 0 Å². The van der Waals surface area contributed by atoms with Crippen molar-refractivity contribution in [3.05, 3.63) is 45.9 Å². The largest absolute Gasteiger partial charge is 0.383 e. The quantitative estimate of drug-likeness (QED) is 0.641. The highest BCUT2D eigenvalue weighted by Gasteiger charge is 2.12. The van der Waals surface area contributed by atoms with Gasteiger partial charge in [-0.15, -0.1) is 11.3 Å². The third-order valence-electron chi connectivity index (χ3n) is 3.51. The minimum atomic E-state index is -0.208. The van der Waals surface area contributed by atoms with Gasteiger partial charge in [0, 0.05) is 31.3 Å². The van der Waals surface area contributed by atoms with Crippen LogP contribution in [-0.2, 0) is 11.3 Å². The molecular formula is C17H24N4O2S. The molecule has 1 aromatic carbocycles. The first-order chi connectivity index (χ1) is 11.6. The van der Waals surface area contributed by atoms with Crippen LogP contribution in [-0.4, -0.2) is 31.3 Å². The van der Waals surface area contributed by atoms with Crippen molar-refractivity contribution in [2.75, 3.05) is 25.6 Å². The molecule has 3 N–H and O–H groups in total. The number of thiazole rings is 1. The summed E-state index contributed by atoms with van der Waals surface area (Å²) in [6, 6.07) is 7.57. The molecule has 0 aliphatic carbocycles. The lowest BCUT2D eigenvalue weighted by Crippen LogP contribution is -2.36. The van der Waals surface area contributed by atoms with Crippen LogP contribution in [0.15, 0.2) is 29.6 Å². The summed E-state index contributed by atoms with van der Waals surface area (Å²) in [6.07, 6.45) is 0. The van der Waals surface area contributed by atoms with Crippen LogP contribution >= 0.6 is 11.3 Å². The highest BCUT2D eigenvalue weighted by Crippen LogP contribution is 2.16. The summed E-state index contributed by atoms with van der Waals surface area (Å²) in [6.45, 7) is 5.68. The number of amides is 2. The zero-order valence-electron chi connectivity index (χ0n) is 14.3. The minimum absolute atomic E-state index is 0.120. The number of urea groups is 1. The average Bonchev–Trinajstić information content (AvgIpc) is 3.01. The maximum Gasteiger partial charge on any atom is 0.315 e. The third kappa shape index (κ3) is 5.50. The first kappa shape index (κ1) is 18.2. The summed E-state index contributed by atoms with van der Waals surface area (Å²) >= 11 is 1.58. The minimum Gasteiger partial charge on any atom is -0.383 e. The summed E-state index contributed by atoms with van der Waals surface area (Å²) in [5.74, 6) is 0. The molecule has 2 rings (SSSR count). The number of benzene rings is 1. The van der Waals surface area contributed by atoms with Gasteiger partial charge in [-0.1, -0.05) is 18.2 Å². The van der Waals surface area contributed by atoms with Gasteiger partial charge in [0.25, 0.3) is 0 Å². The van der Waals surface area contributed by atoms with Gasteiger partial charge in [-0.2, -0.15) is 0 Å². The number of nitrogens with zero attached hydrogens (tertiary/aromatic N) is 1. The fourth-order valence-corrected chi connectivity index (χ4v) is 2.92. The lowest BCUT2D eigenvalue weighted by Gasteiger charge is -2.15. The van der Waals surface area contributed by atoms with E-state index in [0.717, 1.165) is 28.5 Å². The molecule has 1 heterocycles. The van der Waals surface area contributed by atoms with E-state index in [1.54, 1.807) is 18.4 Å². The predicted octanol–water partition coefficient (Wildman–Crippen LogP) is 3.07. The van der Waals surface area contributed by atoms with Gasteiger partial charge in [0.1, 0.15) is 0 Å². The van der Waals surface area contributed by atoms with Crippen LogP contribution in [0.2, 0.25) is 0 Å². The molecule has 1 aromatic heterocycles. The van der Waals surface area contributed by atoms with Crippen molar-refractivity contribution < 1.29 is 9.53 Å². The molecule has 7 heteroatoms. The molecule has 6 nitrogen and oxygen atoms in total. The maximum absolute atomic E-state index is 12.1. The third-order valence-corrected chi connectivity index (χ3v) is 4.30. The Balaban J connectivity index is 1.85. The molecule has 2 aromatic rings. The second-order valence-electron chi connectivity index (χ2n) is 5.42. The van der Waals surface area contributed by atoms with Crippen molar-refractivity contribution in [3.63, 3.8) is 0 Å². The van der Waals surface area contributed by atoms with Crippen molar-refractivity contribution in [1.82, 2.24) is 15.6 Å². The van der Waals surface area contributed by atoms with Gasteiger partial charge in [0.05, 0.1) is 23.4 Å². The number of ether oxygens (including phenoxy) is 1. The van der Waals surface area contributed by atoms with Crippen molar-refractivity contribution in [1.29, 1.82) is 0 Å². The zero-order valence-corrected chi connectivity index (χ0v) is 15.1. The lowest BCUT2D eigenvalue weighted by molar-refractivity contribution is 0.210. The van der Waals surface area contributed by atoms with Gasteiger partial charge in [-0.25, -0.2) is 9.78 Å². The van der Waals surface area contributed by atoms with E-state index in [0.29, 0.717) is 13.2 Å². The molecule has 0 saturated carbocycles. The van der Waals surface area contributed by atoms with E-state index in [2.05, 4.69) is 20.9 Å². The van der Waals surface area contributed by atoms with Crippen LogP contribution < -0.4 is 16.0 Å². The molecule has 0 fully saturated rings. The highest BCUT2D eigenvalue weighted by molar-refractivity contribution is 7.09. The fourth-order valence-electron chi connectivity index (χ4n) is 2.21. The Kier molecular flexibility index (Phi) is 7.02. The number of aromatic nitrogens is 1. The molecule has 0 radical (unpaired) electrons. The zero-order chi connectivity index (χ0) is 17.4. The molecule has 0 aliphatic rings. The molecule has 0 spiro atoms. The van der Waals surface area contributed by atoms with Gasteiger partial charge >= 0.3 is 6.03 Å². The SMILES string of the molecule is COCCNc1ccccc1CNC(=O)N[C@H](C)c1csc(C)n1. The van der Waals surface area contributed by atoms with Crippen molar-refractivity contribution in [3.8, 4) is 0 Å². The lowest BCUT2D eigenvalue weighted by atomic mass is 10.1. The number of carbonyl (C=O) groups is 1.